The van der Waals surface area contributed by atoms with Crippen LogP contribution in [-0.4, -0.2) is 44.8 Å². The van der Waals surface area contributed by atoms with Gasteiger partial charge in [0.05, 0.1) is 13.2 Å². The van der Waals surface area contributed by atoms with Crippen molar-refractivity contribution < 1.29 is 14.3 Å². The van der Waals surface area contributed by atoms with Crippen molar-refractivity contribution in [2.45, 2.75) is 12.5 Å². The second-order valence-corrected chi connectivity index (χ2v) is 4.46. The minimum absolute atomic E-state index is 0.0333. The zero-order valence-electron chi connectivity index (χ0n) is 11.1. The zero-order valence-corrected chi connectivity index (χ0v) is 11.9. The van der Waals surface area contributed by atoms with E-state index in [9.17, 15) is 4.79 Å². The Kier molecular flexibility index (Phi) is 8.21. The lowest BCUT2D eigenvalue weighted by molar-refractivity contribution is -0.126. The summed E-state index contributed by atoms with van der Waals surface area (Å²) in [6, 6.07) is 9.85. The van der Waals surface area contributed by atoms with Crippen molar-refractivity contribution in [1.82, 2.24) is 5.32 Å². The lowest BCUT2D eigenvalue weighted by Crippen LogP contribution is -2.40. The Hall–Kier alpha value is -1.10. The van der Waals surface area contributed by atoms with Gasteiger partial charge >= 0.3 is 0 Å². The highest BCUT2D eigenvalue weighted by Crippen LogP contribution is 2.04. The molecule has 0 aromatic heterocycles. The number of benzene rings is 1. The number of methoxy groups -OCH3 is 1. The van der Waals surface area contributed by atoms with E-state index >= 15 is 0 Å². The van der Waals surface area contributed by atoms with E-state index in [0.717, 1.165) is 5.56 Å². The summed E-state index contributed by atoms with van der Waals surface area (Å²) in [7, 11) is 1.59. The number of hydrogen-bond acceptors (Lipinski definition) is 3. The van der Waals surface area contributed by atoms with Gasteiger partial charge in [-0.15, -0.1) is 11.6 Å². The maximum absolute atomic E-state index is 11.6. The zero-order chi connectivity index (χ0) is 13.9. The Balaban J connectivity index is 2.29. The molecule has 1 amide bonds. The molecule has 0 saturated heterocycles. The van der Waals surface area contributed by atoms with Crippen LogP contribution in [0.2, 0.25) is 0 Å². The van der Waals surface area contributed by atoms with Crippen molar-refractivity contribution in [1.29, 1.82) is 0 Å². The number of carbonyl (C=O) groups is 1. The maximum atomic E-state index is 11.6. The Morgan fingerprint density at radius 1 is 1.32 bits per heavy atom. The van der Waals surface area contributed by atoms with Crippen LogP contribution in [0.5, 0.6) is 0 Å². The topological polar surface area (TPSA) is 47.6 Å². The van der Waals surface area contributed by atoms with Gasteiger partial charge in [-0.05, 0) is 12.0 Å². The molecule has 1 N–H and O–H groups in total. The fourth-order valence-electron chi connectivity index (χ4n) is 1.62. The van der Waals surface area contributed by atoms with Gasteiger partial charge in [-0.1, -0.05) is 30.3 Å². The second kappa shape index (κ2) is 9.78. The van der Waals surface area contributed by atoms with Crippen molar-refractivity contribution in [2.75, 3.05) is 32.8 Å². The molecule has 1 atom stereocenters. The number of alkyl halides is 1. The van der Waals surface area contributed by atoms with Crippen LogP contribution < -0.4 is 5.32 Å². The minimum atomic E-state index is -0.155. The minimum Gasteiger partial charge on any atom is -0.382 e. The summed E-state index contributed by atoms with van der Waals surface area (Å²) in [6.07, 6.45) is 0.716. The van der Waals surface area contributed by atoms with Crippen molar-refractivity contribution in [3.8, 4) is 0 Å². The van der Waals surface area contributed by atoms with Crippen LogP contribution >= 0.6 is 11.6 Å². The number of amides is 1. The molecule has 0 spiro atoms. The van der Waals surface area contributed by atoms with Crippen LogP contribution in [0, 0.1) is 0 Å². The molecule has 5 heteroatoms. The summed E-state index contributed by atoms with van der Waals surface area (Å²) in [5, 5.41) is 2.86. The number of rotatable bonds is 9. The highest BCUT2D eigenvalue weighted by atomic mass is 35.5. The summed E-state index contributed by atoms with van der Waals surface area (Å²) in [5.74, 6) is 0.219. The lowest BCUT2D eigenvalue weighted by atomic mass is 10.1. The summed E-state index contributed by atoms with van der Waals surface area (Å²) in [4.78, 5) is 11.6. The summed E-state index contributed by atoms with van der Waals surface area (Å²) < 4.78 is 9.98. The predicted molar refractivity (Wildman–Crippen MR) is 75.5 cm³/mol. The largest absolute Gasteiger partial charge is 0.382 e. The van der Waals surface area contributed by atoms with E-state index in [1.807, 2.05) is 30.3 Å². The molecule has 0 heterocycles. The predicted octanol–water partition coefficient (Wildman–Crippen LogP) is 1.62. The van der Waals surface area contributed by atoms with E-state index in [1.54, 1.807) is 7.11 Å². The number of halogens is 1. The Morgan fingerprint density at radius 2 is 2.05 bits per heavy atom. The fourth-order valence-corrected chi connectivity index (χ4v) is 1.81. The molecule has 0 saturated carbocycles. The normalized spacial score (nSPS) is 12.1. The van der Waals surface area contributed by atoms with E-state index in [4.69, 9.17) is 21.1 Å². The van der Waals surface area contributed by atoms with Crippen LogP contribution in [0.3, 0.4) is 0 Å². The molecule has 1 aromatic rings. The first-order chi connectivity index (χ1) is 9.26. The number of ether oxygens (including phenoxy) is 2. The van der Waals surface area contributed by atoms with Crippen molar-refractivity contribution in [3.05, 3.63) is 35.9 Å². The molecular weight excluding hydrogens is 266 g/mol. The first kappa shape index (κ1) is 16.0. The van der Waals surface area contributed by atoms with Crippen molar-refractivity contribution >= 4 is 17.5 Å². The van der Waals surface area contributed by atoms with Crippen LogP contribution in [0.1, 0.15) is 5.56 Å². The quantitative estimate of drug-likeness (QED) is 0.554. The molecule has 0 aliphatic heterocycles. The smallest absolute Gasteiger partial charge is 0.246 e. The van der Waals surface area contributed by atoms with Crippen molar-refractivity contribution in [2.24, 2.45) is 0 Å². The molecule has 1 rings (SSSR count). The van der Waals surface area contributed by atoms with E-state index in [0.29, 0.717) is 25.5 Å². The van der Waals surface area contributed by atoms with E-state index in [2.05, 4.69) is 5.32 Å². The third-order valence-corrected chi connectivity index (χ3v) is 2.91. The van der Waals surface area contributed by atoms with Gasteiger partial charge in [-0.2, -0.15) is 0 Å². The highest BCUT2D eigenvalue weighted by Gasteiger charge is 2.11. The fraction of sp³-hybridized carbons (Fsp3) is 0.500. The first-order valence-electron chi connectivity index (χ1n) is 6.22. The van der Waals surface area contributed by atoms with Gasteiger partial charge in [0.15, 0.2) is 0 Å². The standard InChI is InChI=1S/C14H20ClNO3/c1-18-7-8-19-11-14(17)16-13(10-15)9-12-5-3-2-4-6-12/h2-6,13H,7-11H2,1H3,(H,16,17). The first-order valence-corrected chi connectivity index (χ1v) is 6.75. The van der Waals surface area contributed by atoms with Crippen LogP contribution in [0.4, 0.5) is 0 Å². The van der Waals surface area contributed by atoms with Gasteiger partial charge in [0.1, 0.15) is 6.61 Å². The van der Waals surface area contributed by atoms with E-state index in [-0.39, 0.29) is 18.6 Å². The van der Waals surface area contributed by atoms with Crippen LogP contribution in [-0.2, 0) is 20.7 Å². The Labute approximate surface area is 119 Å². The molecule has 0 bridgehead atoms. The summed E-state index contributed by atoms with van der Waals surface area (Å²) in [5.41, 5.74) is 1.15. The molecular formula is C14H20ClNO3. The molecule has 0 aliphatic carbocycles. The number of carbonyl (C=O) groups excluding carboxylic acids is 1. The van der Waals surface area contributed by atoms with E-state index < -0.39 is 0 Å². The SMILES string of the molecule is COCCOCC(=O)NC(CCl)Cc1ccccc1. The van der Waals surface area contributed by atoms with Gasteiger partial charge in [0.2, 0.25) is 5.91 Å². The van der Waals surface area contributed by atoms with E-state index in [1.165, 1.54) is 0 Å². The summed E-state index contributed by atoms with van der Waals surface area (Å²) >= 11 is 5.87. The average molecular weight is 286 g/mol. The third-order valence-electron chi connectivity index (χ3n) is 2.54. The van der Waals surface area contributed by atoms with Gasteiger partial charge < -0.3 is 14.8 Å². The molecule has 106 valence electrons. The Bertz CT molecular complexity index is 359. The highest BCUT2D eigenvalue weighted by molar-refractivity contribution is 6.18. The molecule has 1 unspecified atom stereocenters. The van der Waals surface area contributed by atoms with Gasteiger partial charge in [0, 0.05) is 19.0 Å². The average Bonchev–Trinajstić information content (AvgIpc) is 2.44. The van der Waals surface area contributed by atoms with Gasteiger partial charge in [-0.25, -0.2) is 0 Å². The number of hydrogen-bond donors (Lipinski definition) is 1. The van der Waals surface area contributed by atoms with Gasteiger partial charge in [0.25, 0.3) is 0 Å². The molecule has 0 fully saturated rings. The van der Waals surface area contributed by atoms with Gasteiger partial charge in [-0.3, -0.25) is 4.79 Å². The van der Waals surface area contributed by atoms with Crippen LogP contribution in [0.15, 0.2) is 30.3 Å². The molecule has 1 aromatic carbocycles. The molecule has 19 heavy (non-hydrogen) atoms. The Morgan fingerprint density at radius 3 is 2.68 bits per heavy atom. The third kappa shape index (κ3) is 7.15. The summed E-state index contributed by atoms with van der Waals surface area (Å²) in [6.45, 7) is 0.927. The van der Waals surface area contributed by atoms with Crippen molar-refractivity contribution in [3.63, 3.8) is 0 Å². The second-order valence-electron chi connectivity index (χ2n) is 4.15. The number of nitrogens with one attached hydrogen (secondary N) is 1. The molecule has 0 radical (unpaired) electrons. The maximum Gasteiger partial charge on any atom is 0.246 e. The molecule has 0 aliphatic rings. The van der Waals surface area contributed by atoms with Crippen LogP contribution in [0.25, 0.3) is 0 Å². The lowest BCUT2D eigenvalue weighted by Gasteiger charge is -2.16. The monoisotopic (exact) mass is 285 g/mol. The molecule has 4 nitrogen and oxygen atoms in total.